The number of aromatic nitrogens is 2. The van der Waals surface area contributed by atoms with Crippen LogP contribution in [0.3, 0.4) is 0 Å². The summed E-state index contributed by atoms with van der Waals surface area (Å²) in [6.07, 6.45) is 5.33. The van der Waals surface area contributed by atoms with E-state index in [2.05, 4.69) is 12.0 Å². The van der Waals surface area contributed by atoms with Crippen molar-refractivity contribution in [2.45, 2.75) is 33.2 Å². The third-order valence-corrected chi connectivity index (χ3v) is 1.99. The van der Waals surface area contributed by atoms with Crippen molar-refractivity contribution in [2.24, 2.45) is 0 Å². The minimum Gasteiger partial charge on any atom is -0.373 e. The van der Waals surface area contributed by atoms with Crippen LogP contribution in [0.4, 0.5) is 0 Å². The van der Waals surface area contributed by atoms with Gasteiger partial charge in [-0.25, -0.2) is 0 Å². The molecule has 0 spiro atoms. The van der Waals surface area contributed by atoms with Crippen LogP contribution in [-0.4, -0.2) is 28.8 Å². The highest BCUT2D eigenvalue weighted by Gasteiger charge is 2.08. The van der Waals surface area contributed by atoms with Gasteiger partial charge in [0.2, 0.25) is 0 Å². The molecule has 0 aliphatic rings. The molecule has 0 atom stereocenters. The second kappa shape index (κ2) is 6.35. The molecule has 0 radical (unpaired) electrons. The number of carbonyl (C=O) groups excluding carboxylic acids is 1. The third kappa shape index (κ3) is 3.83. The molecule has 0 amide bonds. The van der Waals surface area contributed by atoms with Gasteiger partial charge in [-0.15, -0.1) is 0 Å². The van der Waals surface area contributed by atoms with Gasteiger partial charge in [0.05, 0.1) is 11.8 Å². The Bertz CT molecular complexity index is 307. The van der Waals surface area contributed by atoms with Gasteiger partial charge in [-0.05, 0) is 12.8 Å². The van der Waals surface area contributed by atoms with Crippen LogP contribution in [0.15, 0.2) is 12.4 Å². The van der Waals surface area contributed by atoms with E-state index in [0.717, 1.165) is 19.4 Å². The first-order valence-electron chi connectivity index (χ1n) is 5.41. The number of rotatable bonds is 7. The van der Waals surface area contributed by atoms with Crippen LogP contribution in [-0.2, 0) is 11.3 Å². The lowest BCUT2D eigenvalue weighted by atomic mass is 10.2. The highest BCUT2D eigenvalue weighted by atomic mass is 16.5. The molecule has 0 N–H and O–H groups in total. The monoisotopic (exact) mass is 210 g/mol. The average molecular weight is 210 g/mol. The normalized spacial score (nSPS) is 10.5. The van der Waals surface area contributed by atoms with Crippen molar-refractivity contribution < 1.29 is 9.53 Å². The van der Waals surface area contributed by atoms with Crippen molar-refractivity contribution in [3.05, 3.63) is 18.0 Å². The molecule has 0 aromatic carbocycles. The zero-order valence-corrected chi connectivity index (χ0v) is 9.40. The number of ketones is 1. The van der Waals surface area contributed by atoms with E-state index >= 15 is 0 Å². The average Bonchev–Trinajstić information content (AvgIpc) is 2.67. The minimum atomic E-state index is 0.00537. The molecule has 1 rings (SSSR count). The fourth-order valence-corrected chi connectivity index (χ4v) is 1.25. The van der Waals surface area contributed by atoms with E-state index < -0.39 is 0 Å². The van der Waals surface area contributed by atoms with Crippen LogP contribution in [0.5, 0.6) is 0 Å². The Morgan fingerprint density at radius 2 is 2.27 bits per heavy atom. The van der Waals surface area contributed by atoms with E-state index in [-0.39, 0.29) is 12.4 Å². The smallest absolute Gasteiger partial charge is 0.191 e. The van der Waals surface area contributed by atoms with Crippen molar-refractivity contribution in [3.63, 3.8) is 0 Å². The summed E-state index contributed by atoms with van der Waals surface area (Å²) < 4.78 is 6.97. The summed E-state index contributed by atoms with van der Waals surface area (Å²) in [5.74, 6) is 0.00537. The lowest BCUT2D eigenvalue weighted by Crippen LogP contribution is -2.08. The van der Waals surface area contributed by atoms with Crippen molar-refractivity contribution in [1.29, 1.82) is 0 Å². The van der Waals surface area contributed by atoms with Gasteiger partial charge >= 0.3 is 0 Å². The van der Waals surface area contributed by atoms with Crippen LogP contribution in [0.25, 0.3) is 0 Å². The van der Waals surface area contributed by atoms with Gasteiger partial charge in [-0.3, -0.25) is 9.48 Å². The summed E-state index contributed by atoms with van der Waals surface area (Å²) in [5.41, 5.74) is 0.638. The Kier molecular flexibility index (Phi) is 5.04. The van der Waals surface area contributed by atoms with Crippen LogP contribution < -0.4 is 0 Å². The van der Waals surface area contributed by atoms with E-state index in [4.69, 9.17) is 4.74 Å². The summed E-state index contributed by atoms with van der Waals surface area (Å²) in [6.45, 7) is 5.74. The van der Waals surface area contributed by atoms with Gasteiger partial charge in [0.1, 0.15) is 6.61 Å². The first-order chi connectivity index (χ1) is 7.27. The third-order valence-electron chi connectivity index (χ3n) is 1.99. The van der Waals surface area contributed by atoms with E-state index in [1.165, 1.54) is 0 Å². The standard InChI is InChI=1S/C11H18N2O2/c1-3-5-13-8-10(7-12-13)11(14)9-15-6-4-2/h7-8H,3-6,9H2,1-2H3. The van der Waals surface area contributed by atoms with Crippen LogP contribution in [0, 0.1) is 0 Å². The molecule has 0 unspecified atom stereocenters. The van der Waals surface area contributed by atoms with Crippen molar-refractivity contribution in [1.82, 2.24) is 9.78 Å². The molecule has 0 fully saturated rings. The summed E-state index contributed by atoms with van der Waals surface area (Å²) >= 11 is 0. The van der Waals surface area contributed by atoms with Crippen molar-refractivity contribution >= 4 is 5.78 Å². The maximum absolute atomic E-state index is 11.6. The maximum Gasteiger partial charge on any atom is 0.191 e. The van der Waals surface area contributed by atoms with E-state index in [1.54, 1.807) is 17.1 Å². The zero-order chi connectivity index (χ0) is 11.1. The molecule has 1 aromatic heterocycles. The molecule has 4 heteroatoms. The zero-order valence-electron chi connectivity index (χ0n) is 9.40. The number of Topliss-reactive ketones (excluding diaryl/α,β-unsaturated/α-hetero) is 1. The van der Waals surface area contributed by atoms with Gasteiger partial charge in [0.15, 0.2) is 5.78 Å². The number of carbonyl (C=O) groups is 1. The molecule has 15 heavy (non-hydrogen) atoms. The van der Waals surface area contributed by atoms with Crippen LogP contribution in [0.1, 0.15) is 37.0 Å². The first kappa shape index (κ1) is 11.9. The Morgan fingerprint density at radius 3 is 2.93 bits per heavy atom. The SMILES string of the molecule is CCCOCC(=O)c1cnn(CCC)c1. The van der Waals surface area contributed by atoms with Crippen molar-refractivity contribution in [2.75, 3.05) is 13.2 Å². The van der Waals surface area contributed by atoms with Gasteiger partial charge in [-0.2, -0.15) is 5.10 Å². The molecular formula is C11H18N2O2. The molecule has 0 saturated carbocycles. The predicted octanol–water partition coefficient (Wildman–Crippen LogP) is 1.90. The van der Waals surface area contributed by atoms with Crippen LogP contribution in [0.2, 0.25) is 0 Å². The summed E-state index contributed by atoms with van der Waals surface area (Å²) in [6, 6.07) is 0. The largest absolute Gasteiger partial charge is 0.373 e. The maximum atomic E-state index is 11.6. The van der Waals surface area contributed by atoms with E-state index in [0.29, 0.717) is 12.2 Å². The topological polar surface area (TPSA) is 44.1 Å². The lowest BCUT2D eigenvalue weighted by Gasteiger charge is -1.99. The van der Waals surface area contributed by atoms with Gasteiger partial charge in [-0.1, -0.05) is 13.8 Å². The van der Waals surface area contributed by atoms with Gasteiger partial charge in [0.25, 0.3) is 0 Å². The summed E-state index contributed by atoms with van der Waals surface area (Å²) in [5, 5.41) is 4.10. The van der Waals surface area contributed by atoms with E-state index in [1.807, 2.05) is 6.92 Å². The quantitative estimate of drug-likeness (QED) is 0.510. The predicted molar refractivity (Wildman–Crippen MR) is 58.0 cm³/mol. The molecule has 1 heterocycles. The number of aryl methyl sites for hydroxylation is 1. The van der Waals surface area contributed by atoms with Crippen molar-refractivity contribution in [3.8, 4) is 0 Å². The number of nitrogens with zero attached hydrogens (tertiary/aromatic N) is 2. The second-order valence-electron chi connectivity index (χ2n) is 3.47. The molecule has 0 bridgehead atoms. The Labute approximate surface area is 90.2 Å². The molecule has 1 aromatic rings. The fourth-order valence-electron chi connectivity index (χ4n) is 1.25. The molecule has 0 aliphatic carbocycles. The molecule has 84 valence electrons. The molecule has 0 saturated heterocycles. The Morgan fingerprint density at radius 1 is 1.47 bits per heavy atom. The summed E-state index contributed by atoms with van der Waals surface area (Å²) in [4.78, 5) is 11.6. The molecular weight excluding hydrogens is 192 g/mol. The second-order valence-corrected chi connectivity index (χ2v) is 3.47. The lowest BCUT2D eigenvalue weighted by molar-refractivity contribution is 0.0761. The number of ether oxygens (including phenoxy) is 1. The molecule has 4 nitrogen and oxygen atoms in total. The number of hydrogen-bond donors (Lipinski definition) is 0. The van der Waals surface area contributed by atoms with E-state index in [9.17, 15) is 4.79 Å². The minimum absolute atomic E-state index is 0.00537. The van der Waals surface area contributed by atoms with Gasteiger partial charge < -0.3 is 4.74 Å². The Balaban J connectivity index is 2.43. The Hall–Kier alpha value is -1.16. The first-order valence-corrected chi connectivity index (χ1v) is 5.41. The fraction of sp³-hybridized carbons (Fsp3) is 0.636. The number of hydrogen-bond acceptors (Lipinski definition) is 3. The van der Waals surface area contributed by atoms with Crippen LogP contribution >= 0.6 is 0 Å². The van der Waals surface area contributed by atoms with Gasteiger partial charge in [0, 0.05) is 19.3 Å². The summed E-state index contributed by atoms with van der Waals surface area (Å²) in [7, 11) is 0. The highest BCUT2D eigenvalue weighted by molar-refractivity contribution is 5.96. The highest BCUT2D eigenvalue weighted by Crippen LogP contribution is 2.00. The molecule has 0 aliphatic heterocycles.